The van der Waals surface area contributed by atoms with Crippen molar-refractivity contribution in [1.82, 2.24) is 25.7 Å². The van der Waals surface area contributed by atoms with E-state index in [1.807, 2.05) is 0 Å². The molecule has 1 atom stereocenters. The Bertz CT molecular complexity index is 875. The minimum absolute atomic E-state index is 0.136. The molecule has 2 aliphatic heterocycles. The first kappa shape index (κ1) is 21.8. The van der Waals surface area contributed by atoms with E-state index in [1.54, 1.807) is 0 Å². The molecular weight excluding hydrogens is 409 g/mol. The second kappa shape index (κ2) is 8.95. The lowest BCUT2D eigenvalue weighted by Gasteiger charge is -2.40. The summed E-state index contributed by atoms with van der Waals surface area (Å²) in [6.07, 6.45) is -2.86. The number of nitrogen functional groups attached to an aromatic ring is 1. The van der Waals surface area contributed by atoms with Crippen LogP contribution in [-0.4, -0.2) is 60.7 Å². The quantitative estimate of drug-likeness (QED) is 0.552. The van der Waals surface area contributed by atoms with Gasteiger partial charge in [0.15, 0.2) is 0 Å². The largest absolute Gasteiger partial charge is 0.416 e. The van der Waals surface area contributed by atoms with Crippen LogP contribution in [0.15, 0.2) is 30.6 Å². The van der Waals surface area contributed by atoms with Crippen molar-refractivity contribution < 1.29 is 13.2 Å². The Morgan fingerprint density at radius 2 is 1.68 bits per heavy atom. The first-order valence-electron chi connectivity index (χ1n) is 10.3. The topological polar surface area (TPSA) is 108 Å². The number of nitrogens with two attached hydrogens (primary N) is 2. The highest BCUT2D eigenvalue weighted by molar-refractivity contribution is 5.59. The maximum Gasteiger partial charge on any atom is 0.416 e. The summed E-state index contributed by atoms with van der Waals surface area (Å²) < 4.78 is 38.6. The van der Waals surface area contributed by atoms with Crippen LogP contribution in [0.1, 0.15) is 28.7 Å². The fourth-order valence-electron chi connectivity index (χ4n) is 4.35. The number of alkyl halides is 3. The van der Waals surface area contributed by atoms with E-state index in [0.717, 1.165) is 42.2 Å². The Labute approximate surface area is 178 Å². The second-order valence-electron chi connectivity index (χ2n) is 7.85. The SMILES string of the molecule is NC[C@@H](c1ccc(C(F)(F)F)cc1)N1CCN(c2ncnc(N)c2C2CNNC2)CC1. The predicted octanol–water partition coefficient (Wildman–Crippen LogP) is 1.09. The summed E-state index contributed by atoms with van der Waals surface area (Å²) in [4.78, 5) is 13.1. The highest BCUT2D eigenvalue weighted by Gasteiger charge is 2.32. The number of rotatable bonds is 5. The second-order valence-corrected chi connectivity index (χ2v) is 7.85. The van der Waals surface area contributed by atoms with Crippen molar-refractivity contribution in [2.75, 3.05) is 56.4 Å². The third-order valence-electron chi connectivity index (χ3n) is 6.02. The van der Waals surface area contributed by atoms with Crippen LogP contribution in [0.25, 0.3) is 0 Å². The Morgan fingerprint density at radius 1 is 1.03 bits per heavy atom. The number of aromatic nitrogens is 2. The lowest BCUT2D eigenvalue weighted by Crippen LogP contribution is -2.49. The predicted molar refractivity (Wildman–Crippen MR) is 112 cm³/mol. The Morgan fingerprint density at radius 3 is 2.26 bits per heavy atom. The van der Waals surface area contributed by atoms with Gasteiger partial charge in [0.25, 0.3) is 0 Å². The number of nitrogens with one attached hydrogen (secondary N) is 2. The van der Waals surface area contributed by atoms with Gasteiger partial charge in [0, 0.05) is 63.3 Å². The average molecular weight is 436 g/mol. The van der Waals surface area contributed by atoms with E-state index < -0.39 is 11.7 Å². The lowest BCUT2D eigenvalue weighted by atomic mass is 10.00. The van der Waals surface area contributed by atoms with E-state index in [1.165, 1.54) is 18.5 Å². The van der Waals surface area contributed by atoms with Gasteiger partial charge in [-0.3, -0.25) is 15.8 Å². The number of benzene rings is 1. The van der Waals surface area contributed by atoms with Crippen molar-refractivity contribution in [1.29, 1.82) is 0 Å². The number of piperazine rings is 1. The standard InChI is InChI=1S/C20H27F3N8/c21-20(22,23)15-3-1-13(2-4-15)16(9-24)30-5-7-31(8-6-30)19-17(14-10-28-29-11-14)18(25)26-12-27-19/h1-4,12,14,16,28-29H,5-11,24H2,(H2,25,26,27)/t16-/m0/s1. The van der Waals surface area contributed by atoms with Gasteiger partial charge in [-0.05, 0) is 17.7 Å². The molecule has 0 amide bonds. The Hall–Kier alpha value is -2.47. The zero-order chi connectivity index (χ0) is 22.0. The molecule has 1 aromatic carbocycles. The fourth-order valence-corrected chi connectivity index (χ4v) is 4.35. The van der Waals surface area contributed by atoms with Crippen LogP contribution in [0.2, 0.25) is 0 Å². The molecule has 0 unspecified atom stereocenters. The van der Waals surface area contributed by atoms with E-state index in [2.05, 4.69) is 30.6 Å². The summed E-state index contributed by atoms with van der Waals surface area (Å²) in [6.45, 7) is 4.71. The summed E-state index contributed by atoms with van der Waals surface area (Å²) >= 11 is 0. The number of hydrogen-bond donors (Lipinski definition) is 4. The van der Waals surface area contributed by atoms with Crippen LogP contribution in [0.5, 0.6) is 0 Å². The molecule has 0 spiro atoms. The van der Waals surface area contributed by atoms with Gasteiger partial charge in [0.1, 0.15) is 18.0 Å². The molecule has 3 heterocycles. The number of hydrazine groups is 1. The Balaban J connectivity index is 1.46. The zero-order valence-electron chi connectivity index (χ0n) is 17.1. The van der Waals surface area contributed by atoms with E-state index >= 15 is 0 Å². The molecule has 0 saturated carbocycles. The van der Waals surface area contributed by atoms with Crippen molar-refractivity contribution in [2.24, 2.45) is 5.73 Å². The molecule has 31 heavy (non-hydrogen) atoms. The third kappa shape index (κ3) is 4.59. The van der Waals surface area contributed by atoms with E-state index in [4.69, 9.17) is 11.5 Å². The molecule has 2 aliphatic rings. The van der Waals surface area contributed by atoms with Crippen molar-refractivity contribution in [3.05, 3.63) is 47.3 Å². The maximum atomic E-state index is 12.9. The number of nitrogens with zero attached hydrogens (tertiary/aromatic N) is 4. The summed E-state index contributed by atoms with van der Waals surface area (Å²) in [6, 6.07) is 5.15. The van der Waals surface area contributed by atoms with E-state index in [-0.39, 0.29) is 12.0 Å². The molecule has 2 fully saturated rings. The zero-order valence-corrected chi connectivity index (χ0v) is 17.1. The highest BCUT2D eigenvalue weighted by atomic mass is 19.4. The Kier molecular flexibility index (Phi) is 6.28. The van der Waals surface area contributed by atoms with Gasteiger partial charge in [-0.25, -0.2) is 9.97 Å². The van der Waals surface area contributed by atoms with Gasteiger partial charge in [-0.15, -0.1) is 0 Å². The molecule has 4 rings (SSSR count). The molecule has 168 valence electrons. The lowest BCUT2D eigenvalue weighted by molar-refractivity contribution is -0.137. The molecule has 6 N–H and O–H groups in total. The molecule has 0 aliphatic carbocycles. The summed E-state index contributed by atoms with van der Waals surface area (Å²) in [7, 11) is 0. The monoisotopic (exact) mass is 436 g/mol. The first-order chi connectivity index (χ1) is 14.9. The molecular formula is C20H27F3N8. The van der Waals surface area contributed by atoms with Gasteiger partial charge in [0.2, 0.25) is 0 Å². The van der Waals surface area contributed by atoms with E-state index in [9.17, 15) is 13.2 Å². The van der Waals surface area contributed by atoms with E-state index in [0.29, 0.717) is 38.5 Å². The number of anilines is 2. The maximum absolute atomic E-state index is 12.9. The number of halogens is 3. The van der Waals surface area contributed by atoms with Crippen molar-refractivity contribution in [2.45, 2.75) is 18.1 Å². The van der Waals surface area contributed by atoms with Crippen LogP contribution in [-0.2, 0) is 6.18 Å². The molecule has 2 saturated heterocycles. The molecule has 2 aromatic rings. The first-order valence-corrected chi connectivity index (χ1v) is 10.3. The van der Waals surface area contributed by atoms with Gasteiger partial charge in [0.05, 0.1) is 5.56 Å². The highest BCUT2D eigenvalue weighted by Crippen LogP contribution is 2.33. The van der Waals surface area contributed by atoms with Gasteiger partial charge < -0.3 is 16.4 Å². The van der Waals surface area contributed by atoms with Crippen LogP contribution in [0.3, 0.4) is 0 Å². The van der Waals surface area contributed by atoms with Crippen molar-refractivity contribution >= 4 is 11.6 Å². The molecule has 0 radical (unpaired) electrons. The van der Waals surface area contributed by atoms with Crippen molar-refractivity contribution in [3.63, 3.8) is 0 Å². The molecule has 0 bridgehead atoms. The van der Waals surface area contributed by atoms with Gasteiger partial charge in [-0.1, -0.05) is 12.1 Å². The molecule has 11 heteroatoms. The fraction of sp³-hybridized carbons (Fsp3) is 0.500. The molecule has 8 nitrogen and oxygen atoms in total. The van der Waals surface area contributed by atoms with Crippen LogP contribution < -0.4 is 27.2 Å². The molecule has 1 aromatic heterocycles. The van der Waals surface area contributed by atoms with Crippen LogP contribution in [0, 0.1) is 0 Å². The summed E-state index contributed by atoms with van der Waals surface area (Å²) in [5.74, 6) is 1.53. The summed E-state index contributed by atoms with van der Waals surface area (Å²) in [5.41, 5.74) is 19.5. The normalized spacial score (nSPS) is 19.7. The van der Waals surface area contributed by atoms with Crippen molar-refractivity contribution in [3.8, 4) is 0 Å². The third-order valence-corrected chi connectivity index (χ3v) is 6.02. The van der Waals surface area contributed by atoms with Crippen LogP contribution in [0.4, 0.5) is 24.8 Å². The average Bonchev–Trinajstić information content (AvgIpc) is 3.29. The minimum atomic E-state index is -4.34. The summed E-state index contributed by atoms with van der Waals surface area (Å²) in [5, 5.41) is 0. The van der Waals surface area contributed by atoms with Crippen LogP contribution >= 0.6 is 0 Å². The number of hydrogen-bond acceptors (Lipinski definition) is 8. The van der Waals surface area contributed by atoms with Gasteiger partial charge >= 0.3 is 6.18 Å². The smallest absolute Gasteiger partial charge is 0.383 e. The van der Waals surface area contributed by atoms with Gasteiger partial charge in [-0.2, -0.15) is 13.2 Å². The minimum Gasteiger partial charge on any atom is -0.383 e.